The van der Waals surface area contributed by atoms with Gasteiger partial charge in [-0.25, -0.2) is 8.78 Å². The summed E-state index contributed by atoms with van der Waals surface area (Å²) in [4.78, 5) is 10.9. The van der Waals surface area contributed by atoms with Crippen LogP contribution < -0.4 is 0 Å². The van der Waals surface area contributed by atoms with Gasteiger partial charge in [-0.05, 0) is 6.42 Å². The van der Waals surface area contributed by atoms with E-state index >= 15 is 0 Å². The maximum atomic E-state index is 12.7. The Bertz CT molecular complexity index is 266. The fourth-order valence-corrected chi connectivity index (χ4v) is 0.727. The van der Waals surface area contributed by atoms with Crippen molar-refractivity contribution in [2.45, 2.75) is 38.5 Å². The van der Waals surface area contributed by atoms with Gasteiger partial charge in [0.1, 0.15) is 0 Å². The molecule has 8 heteroatoms. The average Bonchev–Trinajstić information content (AvgIpc) is 2.24. The molecule has 0 fully saturated rings. The van der Waals surface area contributed by atoms with Crippen molar-refractivity contribution in [2.75, 3.05) is 6.61 Å². The minimum absolute atomic E-state index is 0.260. The van der Waals surface area contributed by atoms with Crippen molar-refractivity contribution in [1.29, 1.82) is 0 Å². The number of halogens is 6. The third-order valence-electron chi connectivity index (χ3n) is 2.17. The van der Waals surface area contributed by atoms with Gasteiger partial charge < -0.3 is 4.74 Å². The number of carbonyl (C=O) groups is 1. The van der Waals surface area contributed by atoms with Crippen molar-refractivity contribution in [1.82, 2.24) is 0 Å². The summed E-state index contributed by atoms with van der Waals surface area (Å²) < 4.78 is 77.3. The molecule has 0 aromatic rings. The van der Waals surface area contributed by atoms with Gasteiger partial charge >= 0.3 is 24.2 Å². The van der Waals surface area contributed by atoms with E-state index in [0.717, 1.165) is 0 Å². The minimum Gasteiger partial charge on any atom is -0.459 e. The summed E-state index contributed by atoms with van der Waals surface area (Å²) in [7, 11) is 0. The highest BCUT2D eigenvalue weighted by Gasteiger charge is 2.63. The van der Waals surface area contributed by atoms with Gasteiger partial charge in [0.2, 0.25) is 0 Å². The largest absolute Gasteiger partial charge is 0.459 e. The molecule has 0 heterocycles. The molecule has 1 unspecified atom stereocenters. The highest BCUT2D eigenvalue weighted by atomic mass is 19.3. The third-order valence-corrected chi connectivity index (χ3v) is 2.17. The zero-order valence-electron chi connectivity index (χ0n) is 9.15. The molecular formula is C9H12F6O2. The van der Waals surface area contributed by atoms with E-state index in [1.54, 1.807) is 6.92 Å². The van der Waals surface area contributed by atoms with Gasteiger partial charge in [0.25, 0.3) is 0 Å². The smallest absolute Gasteiger partial charge is 0.372 e. The number of hydrogen-bond donors (Lipinski definition) is 0. The summed E-state index contributed by atoms with van der Waals surface area (Å²) in [6.07, 6.45) is -4.27. The number of carbonyl (C=O) groups excluding carboxylic acids is 1. The fraction of sp³-hybridized carbons (Fsp3) is 0.889. The van der Waals surface area contributed by atoms with Crippen LogP contribution in [0.25, 0.3) is 0 Å². The van der Waals surface area contributed by atoms with Gasteiger partial charge in [0.05, 0.1) is 5.92 Å². The highest BCUT2D eigenvalue weighted by molar-refractivity contribution is 5.71. The first-order valence-corrected chi connectivity index (χ1v) is 4.76. The molecule has 0 aromatic heterocycles. The molecule has 0 saturated carbocycles. The predicted octanol–water partition coefficient (Wildman–Crippen LogP) is 3.11. The van der Waals surface area contributed by atoms with Crippen molar-refractivity contribution in [3.8, 4) is 0 Å². The molecular weight excluding hydrogens is 254 g/mol. The Hall–Kier alpha value is -0.950. The predicted molar refractivity (Wildman–Crippen MR) is 46.3 cm³/mol. The second-order valence-corrected chi connectivity index (χ2v) is 3.55. The fourth-order valence-electron chi connectivity index (χ4n) is 0.727. The molecule has 0 N–H and O–H groups in total. The second-order valence-electron chi connectivity index (χ2n) is 3.55. The van der Waals surface area contributed by atoms with Crippen LogP contribution in [0.3, 0.4) is 0 Å². The first kappa shape index (κ1) is 16.1. The van der Waals surface area contributed by atoms with Crippen LogP contribution in [-0.4, -0.2) is 30.8 Å². The first-order chi connectivity index (χ1) is 7.56. The Morgan fingerprint density at radius 1 is 1.24 bits per heavy atom. The molecule has 0 aliphatic heterocycles. The molecule has 0 aromatic carbocycles. The number of hydrogen-bond acceptors (Lipinski definition) is 2. The van der Waals surface area contributed by atoms with Gasteiger partial charge in [-0.1, -0.05) is 13.8 Å². The maximum Gasteiger partial charge on any atom is 0.372 e. The lowest BCUT2D eigenvalue weighted by Gasteiger charge is -2.25. The Balaban J connectivity index is 4.52. The van der Waals surface area contributed by atoms with Crippen molar-refractivity contribution in [2.24, 2.45) is 5.92 Å². The Morgan fingerprint density at radius 3 is 2.06 bits per heavy atom. The molecule has 0 saturated heterocycles. The van der Waals surface area contributed by atoms with E-state index in [2.05, 4.69) is 4.74 Å². The van der Waals surface area contributed by atoms with E-state index in [1.165, 1.54) is 6.92 Å². The Kier molecular flexibility index (Phi) is 5.28. The SMILES string of the molecule is CCC(C)C(=O)OCC(F)(F)C(F)(F)C(F)F. The van der Waals surface area contributed by atoms with Crippen molar-refractivity contribution in [3.05, 3.63) is 0 Å². The van der Waals surface area contributed by atoms with Crippen LogP contribution in [0.15, 0.2) is 0 Å². The van der Waals surface area contributed by atoms with Crippen molar-refractivity contribution < 1.29 is 35.9 Å². The van der Waals surface area contributed by atoms with Gasteiger partial charge in [-0.15, -0.1) is 0 Å². The highest BCUT2D eigenvalue weighted by Crippen LogP contribution is 2.39. The Morgan fingerprint density at radius 2 is 1.71 bits per heavy atom. The summed E-state index contributed by atoms with van der Waals surface area (Å²) >= 11 is 0. The van der Waals surface area contributed by atoms with Gasteiger partial charge in [-0.2, -0.15) is 17.6 Å². The molecule has 0 aliphatic rings. The number of ether oxygens (including phenoxy) is 1. The lowest BCUT2D eigenvalue weighted by atomic mass is 10.1. The molecule has 0 spiro atoms. The van der Waals surface area contributed by atoms with E-state index in [0.29, 0.717) is 0 Å². The monoisotopic (exact) mass is 266 g/mol. The van der Waals surface area contributed by atoms with Crippen molar-refractivity contribution in [3.63, 3.8) is 0 Å². The van der Waals surface area contributed by atoms with E-state index in [9.17, 15) is 31.1 Å². The molecule has 0 bridgehead atoms. The zero-order chi connectivity index (χ0) is 13.9. The quantitative estimate of drug-likeness (QED) is 0.545. The molecule has 1 atom stereocenters. The molecule has 0 rings (SSSR count). The number of alkyl halides is 6. The molecule has 17 heavy (non-hydrogen) atoms. The number of rotatable bonds is 6. The van der Waals surface area contributed by atoms with E-state index in [-0.39, 0.29) is 6.42 Å². The third kappa shape index (κ3) is 3.78. The molecule has 0 radical (unpaired) electrons. The molecule has 102 valence electrons. The summed E-state index contributed by atoms with van der Waals surface area (Å²) in [6.45, 7) is 0.830. The number of esters is 1. The summed E-state index contributed by atoms with van der Waals surface area (Å²) in [5.41, 5.74) is 0. The first-order valence-electron chi connectivity index (χ1n) is 4.76. The normalized spacial score (nSPS) is 14.9. The van der Waals surface area contributed by atoms with Crippen LogP contribution in [-0.2, 0) is 9.53 Å². The standard InChI is InChI=1S/C9H12F6O2/c1-3-5(2)6(16)17-4-8(12,13)9(14,15)7(10)11/h5,7H,3-4H2,1-2H3. The van der Waals surface area contributed by atoms with Crippen LogP contribution in [0.1, 0.15) is 20.3 Å². The maximum absolute atomic E-state index is 12.7. The second kappa shape index (κ2) is 5.59. The van der Waals surface area contributed by atoms with Crippen molar-refractivity contribution >= 4 is 5.97 Å². The van der Waals surface area contributed by atoms with E-state index < -0.39 is 36.8 Å². The lowest BCUT2D eigenvalue weighted by molar-refractivity contribution is -0.277. The van der Waals surface area contributed by atoms with Crippen LogP contribution >= 0.6 is 0 Å². The van der Waals surface area contributed by atoms with E-state index in [1.807, 2.05) is 0 Å². The van der Waals surface area contributed by atoms with Gasteiger partial charge in [0.15, 0.2) is 6.61 Å². The van der Waals surface area contributed by atoms with Crippen LogP contribution in [0.5, 0.6) is 0 Å². The van der Waals surface area contributed by atoms with E-state index in [4.69, 9.17) is 0 Å². The molecule has 0 amide bonds. The summed E-state index contributed by atoms with van der Waals surface area (Å²) in [5.74, 6) is -12.5. The summed E-state index contributed by atoms with van der Waals surface area (Å²) in [5, 5.41) is 0. The molecule has 2 nitrogen and oxygen atoms in total. The van der Waals surface area contributed by atoms with Crippen LogP contribution in [0.4, 0.5) is 26.3 Å². The summed E-state index contributed by atoms with van der Waals surface area (Å²) in [6, 6.07) is 0. The molecule has 0 aliphatic carbocycles. The minimum atomic E-state index is -5.53. The van der Waals surface area contributed by atoms with Crippen LogP contribution in [0.2, 0.25) is 0 Å². The van der Waals surface area contributed by atoms with Crippen LogP contribution in [0, 0.1) is 5.92 Å². The zero-order valence-corrected chi connectivity index (χ0v) is 9.15. The Labute approximate surface area is 93.9 Å². The van der Waals surface area contributed by atoms with Gasteiger partial charge in [-0.3, -0.25) is 4.79 Å². The topological polar surface area (TPSA) is 26.3 Å². The van der Waals surface area contributed by atoms with Gasteiger partial charge in [0, 0.05) is 0 Å². The average molecular weight is 266 g/mol. The lowest BCUT2D eigenvalue weighted by Crippen LogP contribution is -2.49.